The molecule has 298 valence electrons. The standard InChI is InChI=1S/C43H56N2O10/c1-7-11-34(32-28-39(50-4)41(52-6)40(29-32)51-5)42(46)45-19-9-8-14-35(45)43(47)55-36(17-15-30-16-18-37(48-2)38(26-30)49-3)31-12-10-13-33(27-31)54-25-22-44-20-23-53-24-21-44/h7,10,12-13,16,18,26-29,34-36H,1,8-9,11,14-15,17,19-25H2,2-6H3/t34-,35-,36+/m0/s1. The molecule has 5 rings (SSSR count). The second kappa shape index (κ2) is 20.7. The van der Waals surface area contributed by atoms with E-state index in [1.54, 1.807) is 37.3 Å². The number of carbonyl (C=O) groups is 2. The first-order chi connectivity index (χ1) is 26.8. The van der Waals surface area contributed by atoms with Gasteiger partial charge in [0.1, 0.15) is 24.5 Å². The van der Waals surface area contributed by atoms with E-state index < -0.39 is 24.0 Å². The van der Waals surface area contributed by atoms with E-state index in [9.17, 15) is 9.59 Å². The van der Waals surface area contributed by atoms with E-state index in [4.69, 9.17) is 37.9 Å². The zero-order valence-corrected chi connectivity index (χ0v) is 32.9. The fourth-order valence-corrected chi connectivity index (χ4v) is 7.26. The number of ether oxygens (including phenoxy) is 8. The second-order valence-electron chi connectivity index (χ2n) is 13.6. The van der Waals surface area contributed by atoms with Crippen LogP contribution in [0.25, 0.3) is 0 Å². The zero-order valence-electron chi connectivity index (χ0n) is 32.9. The van der Waals surface area contributed by atoms with Crippen molar-refractivity contribution in [2.24, 2.45) is 0 Å². The third-order valence-corrected chi connectivity index (χ3v) is 10.3. The molecule has 2 fully saturated rings. The maximum Gasteiger partial charge on any atom is 0.329 e. The van der Waals surface area contributed by atoms with Crippen LogP contribution in [0, 0.1) is 0 Å². The molecule has 0 bridgehead atoms. The maximum atomic E-state index is 14.5. The Morgan fingerprint density at radius 2 is 1.56 bits per heavy atom. The topological polar surface area (TPSA) is 114 Å². The number of benzene rings is 3. The molecule has 12 heteroatoms. The highest BCUT2D eigenvalue weighted by atomic mass is 16.5. The van der Waals surface area contributed by atoms with Crippen molar-refractivity contribution in [3.63, 3.8) is 0 Å². The van der Waals surface area contributed by atoms with Crippen LogP contribution in [0.15, 0.2) is 67.3 Å². The second-order valence-corrected chi connectivity index (χ2v) is 13.6. The molecule has 0 saturated carbocycles. The molecular formula is C43H56N2O10. The molecule has 0 aliphatic carbocycles. The van der Waals surface area contributed by atoms with E-state index in [0.717, 1.165) is 56.8 Å². The van der Waals surface area contributed by atoms with Crippen LogP contribution in [0.1, 0.15) is 60.8 Å². The van der Waals surface area contributed by atoms with Gasteiger partial charge in [-0.2, -0.15) is 0 Å². The summed E-state index contributed by atoms with van der Waals surface area (Å²) in [5.74, 6) is 2.03. The Labute approximate surface area is 325 Å². The first kappa shape index (κ1) is 41.2. The Morgan fingerprint density at radius 3 is 2.24 bits per heavy atom. The molecule has 12 nitrogen and oxygen atoms in total. The molecule has 0 radical (unpaired) electrons. The minimum Gasteiger partial charge on any atom is -0.493 e. The number of aryl methyl sites for hydroxylation is 1. The van der Waals surface area contributed by atoms with Gasteiger partial charge < -0.3 is 42.8 Å². The summed E-state index contributed by atoms with van der Waals surface area (Å²) >= 11 is 0. The monoisotopic (exact) mass is 760 g/mol. The number of likely N-dealkylation sites (tertiary alicyclic amines) is 1. The van der Waals surface area contributed by atoms with Gasteiger partial charge in [-0.25, -0.2) is 4.79 Å². The average molecular weight is 761 g/mol. The van der Waals surface area contributed by atoms with E-state index >= 15 is 0 Å². The molecule has 3 atom stereocenters. The Kier molecular flexibility index (Phi) is 15.5. The van der Waals surface area contributed by atoms with Crippen LogP contribution in [0.4, 0.5) is 0 Å². The summed E-state index contributed by atoms with van der Waals surface area (Å²) in [6, 6.07) is 16.3. The third kappa shape index (κ3) is 10.6. The van der Waals surface area contributed by atoms with Gasteiger partial charge in [0.25, 0.3) is 0 Å². The van der Waals surface area contributed by atoms with Gasteiger partial charge in [0, 0.05) is 26.2 Å². The predicted octanol–water partition coefficient (Wildman–Crippen LogP) is 6.40. The van der Waals surface area contributed by atoms with E-state index in [0.29, 0.717) is 78.9 Å². The summed E-state index contributed by atoms with van der Waals surface area (Å²) in [6.07, 6.45) is 4.60. The van der Waals surface area contributed by atoms with Crippen LogP contribution < -0.4 is 28.4 Å². The van der Waals surface area contributed by atoms with Crippen molar-refractivity contribution in [1.82, 2.24) is 9.80 Å². The summed E-state index contributed by atoms with van der Waals surface area (Å²) in [7, 11) is 7.82. The smallest absolute Gasteiger partial charge is 0.329 e. The van der Waals surface area contributed by atoms with Crippen molar-refractivity contribution < 1.29 is 47.5 Å². The number of morpholine rings is 1. The molecule has 2 heterocycles. The molecule has 0 aromatic heterocycles. The lowest BCUT2D eigenvalue weighted by Gasteiger charge is -2.37. The highest BCUT2D eigenvalue weighted by Gasteiger charge is 2.38. The Balaban J connectivity index is 1.38. The SMILES string of the molecule is C=CC[C@H](C(=O)N1CCCC[C@H]1C(=O)O[C@H](CCc1ccc(OC)c(OC)c1)c1cccc(OCCN2CCOCC2)c1)c1cc(OC)c(OC)c(OC)c1. The van der Waals surface area contributed by atoms with Gasteiger partial charge in [-0.15, -0.1) is 6.58 Å². The third-order valence-electron chi connectivity index (χ3n) is 10.3. The normalized spacial score (nSPS) is 17.0. The first-order valence-electron chi connectivity index (χ1n) is 19.0. The Bertz CT molecular complexity index is 1700. The molecule has 3 aromatic carbocycles. The van der Waals surface area contributed by atoms with Gasteiger partial charge in [0.05, 0.1) is 54.7 Å². The molecule has 2 saturated heterocycles. The van der Waals surface area contributed by atoms with Crippen molar-refractivity contribution in [3.05, 3.63) is 83.9 Å². The Morgan fingerprint density at radius 1 is 0.836 bits per heavy atom. The largest absolute Gasteiger partial charge is 0.493 e. The Hall–Kier alpha value is -4.94. The minimum absolute atomic E-state index is 0.187. The van der Waals surface area contributed by atoms with Crippen LogP contribution in [0.5, 0.6) is 34.5 Å². The fourth-order valence-electron chi connectivity index (χ4n) is 7.26. The molecule has 3 aromatic rings. The quantitative estimate of drug-likeness (QED) is 0.1000. The van der Waals surface area contributed by atoms with Crippen LogP contribution in [-0.2, 0) is 25.5 Å². The van der Waals surface area contributed by atoms with Crippen molar-refractivity contribution in [2.45, 2.75) is 56.6 Å². The van der Waals surface area contributed by atoms with Gasteiger partial charge in [-0.05, 0) is 91.6 Å². The molecule has 1 amide bonds. The van der Waals surface area contributed by atoms with E-state index in [2.05, 4.69) is 11.5 Å². The summed E-state index contributed by atoms with van der Waals surface area (Å²) in [4.78, 5) is 32.9. The van der Waals surface area contributed by atoms with E-state index in [1.165, 1.54) is 21.3 Å². The molecule has 0 spiro atoms. The summed E-state index contributed by atoms with van der Waals surface area (Å²) in [5, 5.41) is 0. The molecule has 2 aliphatic rings. The summed E-state index contributed by atoms with van der Waals surface area (Å²) in [6.45, 7) is 8.90. The summed E-state index contributed by atoms with van der Waals surface area (Å²) < 4.78 is 45.8. The van der Waals surface area contributed by atoms with Gasteiger partial charge in [-0.1, -0.05) is 24.3 Å². The van der Waals surface area contributed by atoms with Crippen LogP contribution in [0.3, 0.4) is 0 Å². The lowest BCUT2D eigenvalue weighted by molar-refractivity contribution is -0.162. The van der Waals surface area contributed by atoms with Crippen molar-refractivity contribution in [2.75, 3.05) is 81.5 Å². The van der Waals surface area contributed by atoms with Crippen LogP contribution in [0.2, 0.25) is 0 Å². The lowest BCUT2D eigenvalue weighted by atomic mass is 9.91. The van der Waals surface area contributed by atoms with Crippen molar-refractivity contribution in [3.8, 4) is 34.5 Å². The number of methoxy groups -OCH3 is 5. The number of amides is 1. The number of allylic oxidation sites excluding steroid dienone is 1. The van der Waals surface area contributed by atoms with Gasteiger partial charge in [0.2, 0.25) is 11.7 Å². The van der Waals surface area contributed by atoms with Crippen LogP contribution in [-0.4, -0.2) is 109 Å². The maximum absolute atomic E-state index is 14.5. The number of hydrogen-bond donors (Lipinski definition) is 0. The molecule has 0 N–H and O–H groups in total. The van der Waals surface area contributed by atoms with Crippen molar-refractivity contribution >= 4 is 11.9 Å². The number of esters is 1. The number of rotatable bonds is 19. The van der Waals surface area contributed by atoms with E-state index in [1.807, 2.05) is 42.5 Å². The predicted molar refractivity (Wildman–Crippen MR) is 209 cm³/mol. The molecule has 55 heavy (non-hydrogen) atoms. The zero-order chi connectivity index (χ0) is 39.2. The lowest BCUT2D eigenvalue weighted by Crippen LogP contribution is -2.50. The number of nitrogens with zero attached hydrogens (tertiary/aromatic N) is 2. The summed E-state index contributed by atoms with van der Waals surface area (Å²) in [5.41, 5.74) is 2.49. The van der Waals surface area contributed by atoms with Crippen LogP contribution >= 0.6 is 0 Å². The first-order valence-corrected chi connectivity index (χ1v) is 19.0. The minimum atomic E-state index is -0.757. The highest BCUT2D eigenvalue weighted by molar-refractivity contribution is 5.89. The number of hydrogen-bond acceptors (Lipinski definition) is 11. The van der Waals surface area contributed by atoms with Gasteiger partial charge in [-0.3, -0.25) is 9.69 Å². The van der Waals surface area contributed by atoms with E-state index in [-0.39, 0.29) is 5.91 Å². The average Bonchev–Trinajstić information content (AvgIpc) is 3.23. The van der Waals surface area contributed by atoms with Crippen molar-refractivity contribution in [1.29, 1.82) is 0 Å². The number of piperidine rings is 1. The molecular weight excluding hydrogens is 704 g/mol. The van der Waals surface area contributed by atoms with Gasteiger partial charge in [0.15, 0.2) is 23.0 Å². The fraction of sp³-hybridized carbons (Fsp3) is 0.488. The van der Waals surface area contributed by atoms with Gasteiger partial charge >= 0.3 is 5.97 Å². The molecule has 2 aliphatic heterocycles. The molecule has 0 unspecified atom stereocenters. The number of carbonyl (C=O) groups excluding carboxylic acids is 2. The highest BCUT2D eigenvalue weighted by Crippen LogP contribution is 2.42.